The van der Waals surface area contributed by atoms with Crippen molar-refractivity contribution >= 4 is 9.84 Å². The van der Waals surface area contributed by atoms with Gasteiger partial charge in [0, 0.05) is 0 Å². The number of unbranched alkanes of at least 4 members (excludes halogenated alkanes) is 1. The second-order valence-electron chi connectivity index (χ2n) is 2.21. The van der Waals surface area contributed by atoms with Crippen LogP contribution in [0, 0.1) is 0 Å². The first kappa shape index (κ1) is 9.91. The standard InChI is InChI=1S/C6H13O3S/c1-2-3-5-10(8,9)6-4-7/h2-6H2,1H3. The molecule has 0 bridgehead atoms. The van der Waals surface area contributed by atoms with Gasteiger partial charge in [-0.1, -0.05) is 13.3 Å². The third kappa shape index (κ3) is 4.76. The largest absolute Gasteiger partial charge is 0.236 e. The van der Waals surface area contributed by atoms with Crippen molar-refractivity contribution in [2.75, 3.05) is 18.1 Å². The molecule has 0 saturated heterocycles. The van der Waals surface area contributed by atoms with Crippen LogP contribution in [-0.2, 0) is 14.9 Å². The van der Waals surface area contributed by atoms with Crippen LogP contribution in [0.5, 0.6) is 0 Å². The lowest BCUT2D eigenvalue weighted by Gasteiger charge is -1.97. The summed E-state index contributed by atoms with van der Waals surface area (Å²) in [6.45, 7) is 1.42. The molecule has 0 saturated carbocycles. The molecule has 0 amide bonds. The second kappa shape index (κ2) is 4.68. The van der Waals surface area contributed by atoms with Gasteiger partial charge in [0.05, 0.1) is 18.1 Å². The topological polar surface area (TPSA) is 54.0 Å². The average molecular weight is 165 g/mol. The maximum absolute atomic E-state index is 10.8. The zero-order chi connectivity index (χ0) is 8.04. The molecular formula is C6H13O3S. The fourth-order valence-corrected chi connectivity index (χ4v) is 1.78. The molecule has 0 N–H and O–H groups in total. The van der Waals surface area contributed by atoms with E-state index in [-0.39, 0.29) is 11.5 Å². The molecule has 0 spiro atoms. The highest BCUT2D eigenvalue weighted by atomic mass is 32.2. The van der Waals surface area contributed by atoms with E-state index in [1.54, 1.807) is 0 Å². The van der Waals surface area contributed by atoms with Gasteiger partial charge < -0.3 is 0 Å². The molecule has 0 heterocycles. The van der Waals surface area contributed by atoms with Crippen LogP contribution >= 0.6 is 0 Å². The Balaban J connectivity index is 3.65. The van der Waals surface area contributed by atoms with Crippen LogP contribution in [0.4, 0.5) is 0 Å². The third-order valence-electron chi connectivity index (χ3n) is 1.20. The van der Waals surface area contributed by atoms with Gasteiger partial charge in [-0.05, 0) is 6.42 Å². The fourth-order valence-electron chi connectivity index (χ4n) is 0.593. The minimum absolute atomic E-state index is 0.172. The van der Waals surface area contributed by atoms with E-state index in [1.807, 2.05) is 6.92 Å². The summed E-state index contributed by atoms with van der Waals surface area (Å²) in [4.78, 5) is 0. The number of rotatable bonds is 5. The molecule has 0 atom stereocenters. The van der Waals surface area contributed by atoms with E-state index >= 15 is 0 Å². The fraction of sp³-hybridized carbons (Fsp3) is 1.00. The van der Waals surface area contributed by atoms with Gasteiger partial charge in [-0.2, -0.15) is 0 Å². The van der Waals surface area contributed by atoms with Gasteiger partial charge in [-0.15, -0.1) is 0 Å². The molecule has 4 heteroatoms. The van der Waals surface area contributed by atoms with Crippen molar-refractivity contribution in [3.8, 4) is 0 Å². The monoisotopic (exact) mass is 165 g/mol. The first-order valence-corrected chi connectivity index (χ1v) is 5.23. The van der Waals surface area contributed by atoms with Crippen molar-refractivity contribution in [3.05, 3.63) is 0 Å². The van der Waals surface area contributed by atoms with Crippen molar-refractivity contribution in [3.63, 3.8) is 0 Å². The summed E-state index contributed by atoms with van der Waals surface area (Å²) >= 11 is 0. The summed E-state index contributed by atoms with van der Waals surface area (Å²) in [7, 11) is -3.01. The molecule has 0 aromatic heterocycles. The van der Waals surface area contributed by atoms with Gasteiger partial charge in [0.1, 0.15) is 0 Å². The van der Waals surface area contributed by atoms with Crippen molar-refractivity contribution in [2.24, 2.45) is 0 Å². The van der Waals surface area contributed by atoms with Crippen molar-refractivity contribution in [2.45, 2.75) is 19.8 Å². The van der Waals surface area contributed by atoms with Crippen LogP contribution in [-0.4, -0.2) is 26.5 Å². The molecular weight excluding hydrogens is 152 g/mol. The van der Waals surface area contributed by atoms with Gasteiger partial charge in [-0.3, -0.25) is 0 Å². The van der Waals surface area contributed by atoms with Crippen LogP contribution < -0.4 is 0 Å². The molecule has 0 aromatic carbocycles. The molecule has 3 nitrogen and oxygen atoms in total. The Morgan fingerprint density at radius 2 is 1.80 bits per heavy atom. The lowest BCUT2D eigenvalue weighted by Crippen LogP contribution is -2.12. The van der Waals surface area contributed by atoms with Crippen molar-refractivity contribution in [1.29, 1.82) is 0 Å². The molecule has 61 valence electrons. The maximum Gasteiger partial charge on any atom is 0.152 e. The molecule has 0 rings (SSSR count). The minimum Gasteiger partial charge on any atom is -0.236 e. The first-order valence-electron chi connectivity index (χ1n) is 3.41. The zero-order valence-corrected chi connectivity index (χ0v) is 6.99. The highest BCUT2D eigenvalue weighted by molar-refractivity contribution is 7.91. The van der Waals surface area contributed by atoms with E-state index in [9.17, 15) is 13.5 Å². The lowest BCUT2D eigenvalue weighted by molar-refractivity contribution is 0.213. The van der Waals surface area contributed by atoms with Gasteiger partial charge in [0.25, 0.3) is 0 Å². The normalized spacial score (nSPS) is 11.8. The molecule has 0 unspecified atom stereocenters. The summed E-state index contributed by atoms with van der Waals surface area (Å²) < 4.78 is 21.6. The molecule has 1 radical (unpaired) electrons. The molecule has 0 aliphatic rings. The minimum atomic E-state index is -3.01. The van der Waals surface area contributed by atoms with Gasteiger partial charge in [-0.25, -0.2) is 13.5 Å². The Bertz CT molecular complexity index is 160. The predicted molar refractivity (Wildman–Crippen MR) is 39.1 cm³/mol. The van der Waals surface area contributed by atoms with E-state index in [0.717, 1.165) is 6.42 Å². The Labute approximate surface area is 62.0 Å². The van der Waals surface area contributed by atoms with Crippen LogP contribution in [0.3, 0.4) is 0 Å². The summed E-state index contributed by atoms with van der Waals surface area (Å²) in [5.74, 6) is -0.0290. The Morgan fingerprint density at radius 1 is 1.20 bits per heavy atom. The second-order valence-corrected chi connectivity index (χ2v) is 4.51. The third-order valence-corrected chi connectivity index (χ3v) is 2.90. The SMILES string of the molecule is CCCCS(=O)(=O)CC[O]. The molecule has 10 heavy (non-hydrogen) atoms. The highest BCUT2D eigenvalue weighted by Crippen LogP contribution is 1.95. The first-order chi connectivity index (χ1) is 4.62. The van der Waals surface area contributed by atoms with Crippen molar-refractivity contribution in [1.82, 2.24) is 0 Å². The molecule has 0 aliphatic carbocycles. The predicted octanol–water partition coefficient (Wildman–Crippen LogP) is 0.632. The van der Waals surface area contributed by atoms with E-state index in [1.165, 1.54) is 0 Å². The average Bonchev–Trinajstić information content (AvgIpc) is 1.84. The zero-order valence-electron chi connectivity index (χ0n) is 6.17. The van der Waals surface area contributed by atoms with Crippen LogP contribution in [0.25, 0.3) is 0 Å². The summed E-state index contributed by atoms with van der Waals surface area (Å²) in [5.41, 5.74) is 0. The molecule has 0 fully saturated rings. The van der Waals surface area contributed by atoms with Gasteiger partial charge in [0.2, 0.25) is 0 Å². The molecule has 0 aliphatic heterocycles. The number of hydrogen-bond acceptors (Lipinski definition) is 2. The summed E-state index contributed by atoms with van der Waals surface area (Å²) in [5, 5.41) is 9.93. The van der Waals surface area contributed by atoms with Crippen LogP contribution in [0.15, 0.2) is 0 Å². The summed E-state index contributed by atoms with van der Waals surface area (Å²) in [6.07, 6.45) is 1.53. The Kier molecular flexibility index (Phi) is 4.64. The van der Waals surface area contributed by atoms with E-state index < -0.39 is 16.4 Å². The van der Waals surface area contributed by atoms with Crippen LogP contribution in [0.1, 0.15) is 19.8 Å². The summed E-state index contributed by atoms with van der Waals surface area (Å²) in [6, 6.07) is 0. The Hall–Kier alpha value is -0.0900. The van der Waals surface area contributed by atoms with Gasteiger partial charge >= 0.3 is 0 Å². The highest BCUT2D eigenvalue weighted by Gasteiger charge is 2.07. The van der Waals surface area contributed by atoms with E-state index in [4.69, 9.17) is 0 Å². The van der Waals surface area contributed by atoms with E-state index in [0.29, 0.717) is 6.42 Å². The lowest BCUT2D eigenvalue weighted by atomic mass is 10.4. The van der Waals surface area contributed by atoms with Crippen molar-refractivity contribution < 1.29 is 13.5 Å². The quantitative estimate of drug-likeness (QED) is 0.600. The number of hydrogen-bond donors (Lipinski definition) is 0. The number of sulfone groups is 1. The smallest absolute Gasteiger partial charge is 0.152 e. The maximum atomic E-state index is 10.8. The Morgan fingerprint density at radius 3 is 2.20 bits per heavy atom. The molecule has 0 aromatic rings. The van der Waals surface area contributed by atoms with Crippen LogP contribution in [0.2, 0.25) is 0 Å². The van der Waals surface area contributed by atoms with Gasteiger partial charge in [0.15, 0.2) is 9.84 Å². The van der Waals surface area contributed by atoms with E-state index in [2.05, 4.69) is 0 Å².